The van der Waals surface area contributed by atoms with Crippen molar-refractivity contribution in [1.29, 1.82) is 0 Å². The van der Waals surface area contributed by atoms with Gasteiger partial charge in [-0.3, -0.25) is 20.2 Å². The smallest absolute Gasteiger partial charge is 0.299 e. The minimum atomic E-state index is -0.680. The standard InChI is InChI=1S/C26H45N3O13/c1-2-34-7-8-36-11-12-38-15-16-40-19-20-42-22-21-41-18-17-39-14-13-37-10-9-35-6-5-27-25-4-3-24(28(30)31)23-26(25)29(32)33/h3-4,23,27H,2,5-22H2,1H3. The molecule has 242 valence electrons. The Morgan fingerprint density at radius 1 is 0.548 bits per heavy atom. The van der Waals surface area contributed by atoms with Gasteiger partial charge in [-0.15, -0.1) is 0 Å². The maximum absolute atomic E-state index is 11.1. The van der Waals surface area contributed by atoms with E-state index in [1.165, 1.54) is 12.1 Å². The molecule has 0 fully saturated rings. The van der Waals surface area contributed by atoms with Gasteiger partial charge in [-0.05, 0) is 13.0 Å². The van der Waals surface area contributed by atoms with Crippen LogP contribution in [-0.2, 0) is 42.6 Å². The molecule has 1 rings (SSSR count). The molecule has 0 amide bonds. The topological polar surface area (TPSA) is 181 Å². The summed E-state index contributed by atoms with van der Waals surface area (Å²) in [6.45, 7) is 10.9. The number of nitro groups is 2. The summed E-state index contributed by atoms with van der Waals surface area (Å²) < 4.78 is 48.4. The summed E-state index contributed by atoms with van der Waals surface area (Å²) in [5, 5.41) is 24.7. The van der Waals surface area contributed by atoms with Crippen LogP contribution in [0.4, 0.5) is 17.1 Å². The zero-order valence-electron chi connectivity index (χ0n) is 24.4. The SMILES string of the molecule is CCOCCOCCOCCOCCOCCOCCOCCOCCOCCNc1ccc([N+](=O)[O-])cc1[N+](=O)[O-]. The molecule has 0 atom stereocenters. The van der Waals surface area contributed by atoms with Crippen LogP contribution in [0.2, 0.25) is 0 Å². The summed E-state index contributed by atoms with van der Waals surface area (Å²) in [6, 6.07) is 3.43. The van der Waals surface area contributed by atoms with E-state index in [1.54, 1.807) is 0 Å². The molecule has 0 aliphatic heterocycles. The maximum atomic E-state index is 11.1. The van der Waals surface area contributed by atoms with E-state index in [0.717, 1.165) is 6.07 Å². The number of ether oxygens (including phenoxy) is 9. The largest absolute Gasteiger partial charge is 0.379 e. The predicted octanol–water partition coefficient (Wildman–Crippen LogP) is 2.08. The lowest BCUT2D eigenvalue weighted by Crippen LogP contribution is -2.15. The average molecular weight is 608 g/mol. The Morgan fingerprint density at radius 2 is 0.905 bits per heavy atom. The normalized spacial score (nSPS) is 11.2. The number of benzene rings is 1. The summed E-state index contributed by atoms with van der Waals surface area (Å²) >= 11 is 0. The molecule has 0 spiro atoms. The van der Waals surface area contributed by atoms with Crippen molar-refractivity contribution in [1.82, 2.24) is 0 Å². The molecule has 0 bridgehead atoms. The van der Waals surface area contributed by atoms with E-state index < -0.39 is 9.85 Å². The highest BCUT2D eigenvalue weighted by Gasteiger charge is 2.19. The number of hydrogen-bond acceptors (Lipinski definition) is 14. The number of nitro benzene ring substituents is 2. The Bertz CT molecular complexity index is 820. The molecule has 1 aromatic carbocycles. The highest BCUT2D eigenvalue weighted by molar-refractivity contribution is 5.65. The second-order valence-electron chi connectivity index (χ2n) is 8.24. The van der Waals surface area contributed by atoms with Crippen molar-refractivity contribution in [2.75, 3.05) is 131 Å². The monoisotopic (exact) mass is 607 g/mol. The molecule has 0 aromatic heterocycles. The third-order valence-electron chi connectivity index (χ3n) is 5.13. The van der Waals surface area contributed by atoms with Gasteiger partial charge < -0.3 is 47.9 Å². The summed E-state index contributed by atoms with van der Waals surface area (Å²) in [5.41, 5.74) is -0.517. The van der Waals surface area contributed by atoms with E-state index in [1.807, 2.05) is 6.92 Å². The van der Waals surface area contributed by atoms with Crippen LogP contribution in [0.15, 0.2) is 18.2 Å². The lowest BCUT2D eigenvalue weighted by Gasteiger charge is -2.09. The molecule has 42 heavy (non-hydrogen) atoms. The quantitative estimate of drug-likeness (QED) is 0.0736. The third-order valence-corrected chi connectivity index (χ3v) is 5.13. The third kappa shape index (κ3) is 21.2. The summed E-state index contributed by atoms with van der Waals surface area (Å²) in [5.74, 6) is 0. The van der Waals surface area contributed by atoms with Crippen LogP contribution in [-0.4, -0.2) is 135 Å². The van der Waals surface area contributed by atoms with Crippen molar-refractivity contribution < 1.29 is 52.5 Å². The van der Waals surface area contributed by atoms with Gasteiger partial charge in [0.25, 0.3) is 11.4 Å². The van der Waals surface area contributed by atoms with Crippen LogP contribution in [0.25, 0.3) is 0 Å². The lowest BCUT2D eigenvalue weighted by atomic mass is 10.2. The Balaban J connectivity index is 1.78. The van der Waals surface area contributed by atoms with E-state index in [4.69, 9.17) is 42.6 Å². The van der Waals surface area contributed by atoms with Crippen LogP contribution < -0.4 is 5.32 Å². The Kier molecular flexibility index (Phi) is 24.4. The molecular weight excluding hydrogens is 562 g/mol. The van der Waals surface area contributed by atoms with Gasteiger partial charge in [0.1, 0.15) is 5.69 Å². The van der Waals surface area contributed by atoms with Crippen LogP contribution >= 0.6 is 0 Å². The van der Waals surface area contributed by atoms with Gasteiger partial charge in [0.05, 0.1) is 128 Å². The summed E-state index contributed by atoms with van der Waals surface area (Å²) in [4.78, 5) is 20.5. The number of nitrogens with zero attached hydrogens (tertiary/aromatic N) is 2. The van der Waals surface area contributed by atoms with E-state index in [0.29, 0.717) is 119 Å². The van der Waals surface area contributed by atoms with Crippen LogP contribution in [0.3, 0.4) is 0 Å². The van der Waals surface area contributed by atoms with E-state index >= 15 is 0 Å². The van der Waals surface area contributed by atoms with E-state index in [9.17, 15) is 20.2 Å². The van der Waals surface area contributed by atoms with E-state index in [-0.39, 0.29) is 23.7 Å². The first-order chi connectivity index (χ1) is 20.6. The molecule has 0 unspecified atom stereocenters. The zero-order valence-corrected chi connectivity index (χ0v) is 24.4. The molecule has 0 radical (unpaired) electrons. The summed E-state index contributed by atoms with van der Waals surface area (Å²) in [6.07, 6.45) is 0. The van der Waals surface area contributed by atoms with Gasteiger partial charge in [0.15, 0.2) is 0 Å². The van der Waals surface area contributed by atoms with Crippen molar-refractivity contribution in [3.05, 3.63) is 38.4 Å². The minimum absolute atomic E-state index is 0.189. The average Bonchev–Trinajstić information content (AvgIpc) is 2.98. The van der Waals surface area contributed by atoms with Crippen molar-refractivity contribution in [3.8, 4) is 0 Å². The van der Waals surface area contributed by atoms with Crippen LogP contribution in [0, 0.1) is 20.2 Å². The molecule has 0 saturated heterocycles. The molecule has 16 heteroatoms. The second kappa shape index (κ2) is 27.3. The Labute approximate surface area is 246 Å². The fourth-order valence-electron chi connectivity index (χ4n) is 3.10. The van der Waals surface area contributed by atoms with Gasteiger partial charge in [0.2, 0.25) is 0 Å². The predicted molar refractivity (Wildman–Crippen MR) is 151 cm³/mol. The first-order valence-corrected chi connectivity index (χ1v) is 13.9. The van der Waals surface area contributed by atoms with Crippen molar-refractivity contribution in [2.45, 2.75) is 6.92 Å². The van der Waals surface area contributed by atoms with Crippen molar-refractivity contribution >= 4 is 17.1 Å². The second-order valence-corrected chi connectivity index (χ2v) is 8.24. The fourth-order valence-corrected chi connectivity index (χ4v) is 3.10. The summed E-state index contributed by atoms with van der Waals surface area (Å²) in [7, 11) is 0. The highest BCUT2D eigenvalue weighted by Crippen LogP contribution is 2.28. The van der Waals surface area contributed by atoms with Gasteiger partial charge in [-0.25, -0.2) is 0 Å². The van der Waals surface area contributed by atoms with E-state index in [2.05, 4.69) is 5.32 Å². The fraction of sp³-hybridized carbons (Fsp3) is 0.769. The van der Waals surface area contributed by atoms with Gasteiger partial charge >= 0.3 is 0 Å². The molecule has 16 nitrogen and oxygen atoms in total. The Morgan fingerprint density at radius 3 is 1.24 bits per heavy atom. The van der Waals surface area contributed by atoms with Gasteiger partial charge in [-0.1, -0.05) is 0 Å². The molecular formula is C26H45N3O13. The Hall–Kier alpha value is -2.54. The number of anilines is 1. The molecule has 0 saturated carbocycles. The van der Waals surface area contributed by atoms with Gasteiger partial charge in [-0.2, -0.15) is 0 Å². The first kappa shape index (κ1) is 37.5. The van der Waals surface area contributed by atoms with Crippen molar-refractivity contribution in [2.24, 2.45) is 0 Å². The van der Waals surface area contributed by atoms with Crippen molar-refractivity contribution in [3.63, 3.8) is 0 Å². The number of non-ortho nitro benzene ring substituents is 1. The minimum Gasteiger partial charge on any atom is -0.379 e. The first-order valence-electron chi connectivity index (χ1n) is 13.9. The lowest BCUT2D eigenvalue weighted by molar-refractivity contribution is -0.393. The number of rotatable bonds is 31. The number of nitrogens with one attached hydrogen (secondary N) is 1. The molecule has 0 aliphatic carbocycles. The molecule has 0 aliphatic rings. The number of hydrogen-bond donors (Lipinski definition) is 1. The van der Waals surface area contributed by atoms with Gasteiger partial charge in [0, 0.05) is 19.2 Å². The van der Waals surface area contributed by atoms with Crippen LogP contribution in [0.5, 0.6) is 0 Å². The molecule has 1 N–H and O–H groups in total. The molecule has 1 aromatic rings. The maximum Gasteiger partial charge on any atom is 0.299 e. The van der Waals surface area contributed by atoms with Crippen LogP contribution in [0.1, 0.15) is 6.92 Å². The zero-order chi connectivity index (χ0) is 30.5. The highest BCUT2D eigenvalue weighted by atomic mass is 16.6. The molecule has 0 heterocycles.